The van der Waals surface area contributed by atoms with Crippen molar-refractivity contribution in [3.05, 3.63) is 40.9 Å². The van der Waals surface area contributed by atoms with E-state index in [4.69, 9.17) is 0 Å². The van der Waals surface area contributed by atoms with Crippen molar-refractivity contribution in [1.82, 2.24) is 15.1 Å². The SMILES string of the molecule is CCCC[C@H]1C=CCN1C(=O)c1cc(-c2ccc(C)s2)[nH]n1. The van der Waals surface area contributed by atoms with Crippen LogP contribution in [-0.4, -0.2) is 33.6 Å². The molecular formula is C17H21N3OS. The molecular weight excluding hydrogens is 294 g/mol. The minimum absolute atomic E-state index is 0.0156. The zero-order valence-corrected chi connectivity index (χ0v) is 13.8. The lowest BCUT2D eigenvalue weighted by Crippen LogP contribution is -2.36. The fourth-order valence-corrected chi connectivity index (χ4v) is 3.59. The summed E-state index contributed by atoms with van der Waals surface area (Å²) in [7, 11) is 0. The molecule has 1 amide bonds. The molecule has 0 aliphatic carbocycles. The van der Waals surface area contributed by atoms with E-state index >= 15 is 0 Å². The van der Waals surface area contributed by atoms with E-state index in [1.807, 2.05) is 11.0 Å². The zero-order valence-electron chi connectivity index (χ0n) is 13.0. The summed E-state index contributed by atoms with van der Waals surface area (Å²) in [5, 5.41) is 7.21. The first kappa shape index (κ1) is 15.0. The van der Waals surface area contributed by atoms with E-state index in [-0.39, 0.29) is 11.9 Å². The molecule has 22 heavy (non-hydrogen) atoms. The van der Waals surface area contributed by atoms with Crippen molar-refractivity contribution in [1.29, 1.82) is 0 Å². The Morgan fingerprint density at radius 2 is 2.36 bits per heavy atom. The Bertz CT molecular complexity index is 686. The van der Waals surface area contributed by atoms with E-state index in [0.717, 1.165) is 29.8 Å². The number of nitrogens with one attached hydrogen (secondary N) is 1. The second-order valence-electron chi connectivity index (χ2n) is 5.67. The summed E-state index contributed by atoms with van der Waals surface area (Å²) in [6.07, 6.45) is 7.54. The maximum absolute atomic E-state index is 12.7. The number of carbonyl (C=O) groups excluding carboxylic acids is 1. The molecule has 1 atom stereocenters. The van der Waals surface area contributed by atoms with Crippen LogP contribution in [0, 0.1) is 6.92 Å². The van der Waals surface area contributed by atoms with Gasteiger partial charge in [0.25, 0.3) is 5.91 Å². The van der Waals surface area contributed by atoms with Gasteiger partial charge in [-0.3, -0.25) is 9.89 Å². The van der Waals surface area contributed by atoms with Crippen molar-refractivity contribution >= 4 is 17.2 Å². The highest BCUT2D eigenvalue weighted by Crippen LogP contribution is 2.27. The molecule has 0 spiro atoms. The molecule has 0 saturated carbocycles. The highest BCUT2D eigenvalue weighted by molar-refractivity contribution is 7.15. The first-order valence-electron chi connectivity index (χ1n) is 7.79. The van der Waals surface area contributed by atoms with E-state index in [1.165, 1.54) is 4.88 Å². The van der Waals surface area contributed by atoms with Crippen LogP contribution >= 0.6 is 11.3 Å². The molecule has 4 nitrogen and oxygen atoms in total. The lowest BCUT2D eigenvalue weighted by Gasteiger charge is -2.23. The summed E-state index contributed by atoms with van der Waals surface area (Å²) in [4.78, 5) is 17.0. The molecule has 5 heteroatoms. The van der Waals surface area contributed by atoms with Crippen LogP contribution in [0.5, 0.6) is 0 Å². The maximum Gasteiger partial charge on any atom is 0.275 e. The van der Waals surface area contributed by atoms with Gasteiger partial charge in [-0.15, -0.1) is 11.3 Å². The monoisotopic (exact) mass is 315 g/mol. The van der Waals surface area contributed by atoms with Gasteiger partial charge in [0.2, 0.25) is 0 Å². The number of aromatic amines is 1. The molecule has 1 aliphatic heterocycles. The van der Waals surface area contributed by atoms with Crippen LogP contribution in [0.3, 0.4) is 0 Å². The van der Waals surface area contributed by atoms with E-state index in [9.17, 15) is 4.79 Å². The maximum atomic E-state index is 12.7. The highest BCUT2D eigenvalue weighted by Gasteiger charge is 2.26. The van der Waals surface area contributed by atoms with E-state index in [0.29, 0.717) is 12.2 Å². The molecule has 0 radical (unpaired) electrons. The summed E-state index contributed by atoms with van der Waals surface area (Å²) in [5.41, 5.74) is 1.42. The van der Waals surface area contributed by atoms with Crippen molar-refractivity contribution in [3.63, 3.8) is 0 Å². The van der Waals surface area contributed by atoms with Crippen LogP contribution < -0.4 is 0 Å². The molecule has 0 bridgehead atoms. The first-order chi connectivity index (χ1) is 10.7. The Kier molecular flexibility index (Phi) is 4.43. The van der Waals surface area contributed by atoms with E-state index < -0.39 is 0 Å². The number of H-pyrrole nitrogens is 1. The van der Waals surface area contributed by atoms with Gasteiger partial charge in [-0.2, -0.15) is 5.10 Å². The van der Waals surface area contributed by atoms with Crippen LogP contribution in [0.4, 0.5) is 0 Å². The predicted molar refractivity (Wildman–Crippen MR) is 90.1 cm³/mol. The molecule has 0 fully saturated rings. The van der Waals surface area contributed by atoms with Crippen LogP contribution in [0.25, 0.3) is 10.6 Å². The third-order valence-corrected chi connectivity index (χ3v) is 5.01. The lowest BCUT2D eigenvalue weighted by molar-refractivity contribution is 0.0737. The lowest BCUT2D eigenvalue weighted by atomic mass is 10.1. The molecule has 1 N–H and O–H groups in total. The molecule has 1 aliphatic rings. The van der Waals surface area contributed by atoms with Crippen molar-refractivity contribution in [2.75, 3.05) is 6.54 Å². The van der Waals surface area contributed by atoms with Crippen molar-refractivity contribution in [2.45, 2.75) is 39.2 Å². The average molecular weight is 315 g/mol. The number of rotatable bonds is 5. The minimum atomic E-state index is 0.0156. The molecule has 2 aromatic heterocycles. The second kappa shape index (κ2) is 6.48. The summed E-state index contributed by atoms with van der Waals surface area (Å²) in [5.74, 6) is 0.0156. The van der Waals surface area contributed by atoms with Gasteiger partial charge < -0.3 is 4.90 Å². The van der Waals surface area contributed by atoms with Gasteiger partial charge in [-0.05, 0) is 31.5 Å². The molecule has 2 aromatic rings. The van der Waals surface area contributed by atoms with E-state index in [1.54, 1.807) is 11.3 Å². The third-order valence-electron chi connectivity index (χ3n) is 3.98. The Hall–Kier alpha value is -1.88. The van der Waals surface area contributed by atoms with E-state index in [2.05, 4.69) is 48.3 Å². The van der Waals surface area contributed by atoms with Crippen LogP contribution in [0.1, 0.15) is 41.6 Å². The molecule has 0 unspecified atom stereocenters. The van der Waals surface area contributed by atoms with Crippen molar-refractivity contribution < 1.29 is 4.79 Å². The van der Waals surface area contributed by atoms with Crippen molar-refractivity contribution in [3.8, 4) is 10.6 Å². The summed E-state index contributed by atoms with van der Waals surface area (Å²) in [6, 6.07) is 6.22. The number of aryl methyl sites for hydroxylation is 1. The molecule has 0 saturated heterocycles. The van der Waals surface area contributed by atoms with Gasteiger partial charge in [0.1, 0.15) is 0 Å². The number of hydrogen-bond acceptors (Lipinski definition) is 3. The summed E-state index contributed by atoms with van der Waals surface area (Å²) in [6.45, 7) is 4.94. The molecule has 0 aromatic carbocycles. The molecule has 116 valence electrons. The molecule has 3 rings (SSSR count). The van der Waals surface area contributed by atoms with Gasteiger partial charge in [0.05, 0.1) is 16.6 Å². The Morgan fingerprint density at radius 1 is 1.50 bits per heavy atom. The summed E-state index contributed by atoms with van der Waals surface area (Å²) >= 11 is 1.70. The van der Waals surface area contributed by atoms with Crippen LogP contribution in [-0.2, 0) is 0 Å². The predicted octanol–water partition coefficient (Wildman–Crippen LogP) is 4.02. The molecule has 3 heterocycles. The largest absolute Gasteiger partial charge is 0.327 e. The third kappa shape index (κ3) is 2.99. The Morgan fingerprint density at radius 3 is 3.09 bits per heavy atom. The number of thiophene rings is 1. The van der Waals surface area contributed by atoms with Crippen molar-refractivity contribution in [2.24, 2.45) is 0 Å². The van der Waals surface area contributed by atoms with Crippen LogP contribution in [0.2, 0.25) is 0 Å². The normalized spacial score (nSPS) is 17.4. The minimum Gasteiger partial charge on any atom is -0.327 e. The first-order valence-corrected chi connectivity index (χ1v) is 8.60. The van der Waals surface area contributed by atoms with Crippen LogP contribution in [0.15, 0.2) is 30.4 Å². The second-order valence-corrected chi connectivity index (χ2v) is 6.96. The number of amides is 1. The fourth-order valence-electron chi connectivity index (χ4n) is 2.75. The zero-order chi connectivity index (χ0) is 15.5. The highest BCUT2D eigenvalue weighted by atomic mass is 32.1. The fraction of sp³-hybridized carbons (Fsp3) is 0.412. The number of aromatic nitrogens is 2. The Balaban J connectivity index is 1.74. The van der Waals surface area contributed by atoms with Gasteiger partial charge in [-0.25, -0.2) is 0 Å². The summed E-state index contributed by atoms with van der Waals surface area (Å²) < 4.78 is 0. The van der Waals surface area contributed by atoms with Gasteiger partial charge >= 0.3 is 0 Å². The van der Waals surface area contributed by atoms with Gasteiger partial charge in [0, 0.05) is 11.4 Å². The standard InChI is InChI=1S/C17H21N3OS/c1-3-4-6-13-7-5-10-20(13)17(21)15-11-14(18-19-15)16-9-8-12(2)22-16/h5,7-9,11,13H,3-4,6,10H2,1-2H3,(H,18,19)/t13-/m0/s1. The number of hydrogen-bond donors (Lipinski definition) is 1. The number of unbranched alkanes of at least 4 members (excludes halogenated alkanes) is 1. The van der Waals surface area contributed by atoms with Gasteiger partial charge in [-0.1, -0.05) is 31.9 Å². The van der Waals surface area contributed by atoms with Gasteiger partial charge in [0.15, 0.2) is 5.69 Å². The number of nitrogens with zero attached hydrogens (tertiary/aromatic N) is 2. The number of carbonyl (C=O) groups is 1. The smallest absolute Gasteiger partial charge is 0.275 e. The average Bonchev–Trinajstić information content (AvgIpc) is 3.24. The topological polar surface area (TPSA) is 49.0 Å². The quantitative estimate of drug-likeness (QED) is 0.847. The Labute approximate surface area is 134 Å².